The minimum atomic E-state index is -0.254. The number of carbonyl (C=O) groups excluding carboxylic acids is 2. The molecule has 0 spiro atoms. The second-order valence-electron chi connectivity index (χ2n) is 14.2. The molecule has 0 aliphatic carbocycles. The molecule has 0 aromatic heterocycles. The predicted octanol–water partition coefficient (Wildman–Crippen LogP) is 13.2. The van der Waals surface area contributed by atoms with E-state index in [0.29, 0.717) is 24.3 Å². The third-order valence-electron chi connectivity index (χ3n) is 9.58. The minimum absolute atomic E-state index is 0.151. The van der Waals surface area contributed by atoms with E-state index in [2.05, 4.69) is 27.7 Å². The van der Waals surface area contributed by atoms with E-state index in [9.17, 15) is 9.59 Å². The van der Waals surface area contributed by atoms with Crippen LogP contribution in [0, 0.1) is 0 Å². The molecule has 2 rings (SSSR count). The van der Waals surface area contributed by atoms with Gasteiger partial charge in [-0.2, -0.15) is 0 Å². The fourth-order valence-electron chi connectivity index (χ4n) is 6.28. The SMILES string of the molecule is CCCCCCCCCCCCCC(=O)Oc1ccc(C(C)(C)c2ccc(OC(=O)CCCCCCCCCCCCC)cc2)cc1. The highest BCUT2D eigenvalue weighted by atomic mass is 16.5. The molecule has 4 heteroatoms. The van der Waals surface area contributed by atoms with Crippen LogP contribution < -0.4 is 9.47 Å². The number of carbonyl (C=O) groups is 2. The van der Waals surface area contributed by atoms with Crippen molar-refractivity contribution >= 4 is 11.9 Å². The summed E-state index contributed by atoms with van der Waals surface area (Å²) in [6, 6.07) is 15.7. The normalized spacial score (nSPS) is 11.5. The second-order valence-corrected chi connectivity index (χ2v) is 14.2. The third-order valence-corrected chi connectivity index (χ3v) is 9.58. The van der Waals surface area contributed by atoms with Crippen molar-refractivity contribution in [1.29, 1.82) is 0 Å². The van der Waals surface area contributed by atoms with Gasteiger partial charge in [0.1, 0.15) is 11.5 Å². The molecule has 0 bridgehead atoms. The molecule has 0 aliphatic rings. The monoisotopic (exact) mass is 649 g/mol. The Morgan fingerprint density at radius 3 is 0.957 bits per heavy atom. The molecule has 0 fully saturated rings. The van der Waals surface area contributed by atoms with Gasteiger partial charge < -0.3 is 9.47 Å². The maximum atomic E-state index is 12.4. The second kappa shape index (κ2) is 25.4. The van der Waals surface area contributed by atoms with Crippen LogP contribution in [0.25, 0.3) is 0 Å². The lowest BCUT2D eigenvalue weighted by molar-refractivity contribution is -0.135. The Kier molecular flexibility index (Phi) is 21.9. The Bertz CT molecular complexity index is 984. The zero-order valence-corrected chi connectivity index (χ0v) is 30.7. The standard InChI is InChI=1S/C43H68O4/c1-5-7-9-11-13-15-17-19-21-23-25-27-41(44)46-39-33-29-37(30-34-39)43(3,4)38-31-35-40(36-32-38)47-42(45)28-26-24-22-20-18-16-14-12-10-8-6-2/h29-36H,5-28H2,1-4H3. The van der Waals surface area contributed by atoms with Gasteiger partial charge in [0.05, 0.1) is 0 Å². The quantitative estimate of drug-likeness (QED) is 0.0523. The summed E-state index contributed by atoms with van der Waals surface area (Å²) in [7, 11) is 0. The Hall–Kier alpha value is -2.62. The zero-order chi connectivity index (χ0) is 34.0. The summed E-state index contributed by atoms with van der Waals surface area (Å²) in [5, 5.41) is 0. The first-order valence-electron chi connectivity index (χ1n) is 19.5. The maximum Gasteiger partial charge on any atom is 0.311 e. The Morgan fingerprint density at radius 1 is 0.426 bits per heavy atom. The molecule has 264 valence electrons. The number of unbranched alkanes of at least 4 members (excludes halogenated alkanes) is 20. The van der Waals surface area contributed by atoms with Crippen LogP contribution in [-0.2, 0) is 15.0 Å². The molecule has 4 nitrogen and oxygen atoms in total. The molecule has 2 aromatic rings. The lowest BCUT2D eigenvalue weighted by atomic mass is 9.78. The summed E-state index contributed by atoms with van der Waals surface area (Å²) in [5.74, 6) is 0.888. The molecule has 0 heterocycles. The van der Waals surface area contributed by atoms with E-state index in [1.54, 1.807) is 0 Å². The highest BCUT2D eigenvalue weighted by Gasteiger charge is 2.23. The lowest BCUT2D eigenvalue weighted by Gasteiger charge is -2.26. The molecule has 0 atom stereocenters. The van der Waals surface area contributed by atoms with Crippen molar-refractivity contribution in [1.82, 2.24) is 0 Å². The molecule has 0 saturated carbocycles. The first-order valence-corrected chi connectivity index (χ1v) is 19.5. The Balaban J connectivity index is 1.62. The van der Waals surface area contributed by atoms with Gasteiger partial charge in [-0.3, -0.25) is 9.59 Å². The summed E-state index contributed by atoms with van der Waals surface area (Å²) in [6.07, 6.45) is 28.8. The summed E-state index contributed by atoms with van der Waals surface area (Å²) >= 11 is 0. The minimum Gasteiger partial charge on any atom is -0.427 e. The van der Waals surface area contributed by atoms with Crippen molar-refractivity contribution in [2.45, 2.75) is 187 Å². The van der Waals surface area contributed by atoms with Crippen molar-refractivity contribution in [3.63, 3.8) is 0 Å². The van der Waals surface area contributed by atoms with Crippen LogP contribution >= 0.6 is 0 Å². The predicted molar refractivity (Wildman–Crippen MR) is 198 cm³/mol. The van der Waals surface area contributed by atoms with Crippen molar-refractivity contribution in [2.75, 3.05) is 0 Å². The van der Waals surface area contributed by atoms with E-state index in [4.69, 9.17) is 9.47 Å². The molecule has 2 aromatic carbocycles. The summed E-state index contributed by atoms with van der Waals surface area (Å²) in [4.78, 5) is 24.8. The van der Waals surface area contributed by atoms with Gasteiger partial charge in [0, 0.05) is 18.3 Å². The van der Waals surface area contributed by atoms with Crippen molar-refractivity contribution in [3.8, 4) is 11.5 Å². The lowest BCUT2D eigenvalue weighted by Crippen LogP contribution is -2.19. The summed E-state index contributed by atoms with van der Waals surface area (Å²) in [6.45, 7) is 8.87. The molecule has 0 N–H and O–H groups in total. The fourth-order valence-corrected chi connectivity index (χ4v) is 6.28. The van der Waals surface area contributed by atoms with Gasteiger partial charge in [0.25, 0.3) is 0 Å². The topological polar surface area (TPSA) is 52.6 Å². The Labute approximate surface area is 288 Å². The number of benzene rings is 2. The molecular formula is C43H68O4. The highest BCUT2D eigenvalue weighted by molar-refractivity contribution is 5.72. The van der Waals surface area contributed by atoms with Gasteiger partial charge in [0.15, 0.2) is 0 Å². The van der Waals surface area contributed by atoms with Gasteiger partial charge in [-0.05, 0) is 48.2 Å². The fraction of sp³-hybridized carbons (Fsp3) is 0.674. The summed E-state index contributed by atoms with van der Waals surface area (Å²) < 4.78 is 11.2. The van der Waals surface area contributed by atoms with Crippen LogP contribution in [0.4, 0.5) is 0 Å². The van der Waals surface area contributed by atoms with Crippen LogP contribution in [0.15, 0.2) is 48.5 Å². The number of esters is 2. The van der Waals surface area contributed by atoms with Crippen LogP contribution in [0.2, 0.25) is 0 Å². The van der Waals surface area contributed by atoms with Gasteiger partial charge >= 0.3 is 11.9 Å². The zero-order valence-electron chi connectivity index (χ0n) is 30.7. The average Bonchev–Trinajstić information content (AvgIpc) is 3.06. The summed E-state index contributed by atoms with van der Waals surface area (Å²) in [5.41, 5.74) is 2.00. The van der Waals surface area contributed by atoms with Crippen LogP contribution in [0.3, 0.4) is 0 Å². The first-order chi connectivity index (χ1) is 22.9. The van der Waals surface area contributed by atoms with Crippen molar-refractivity contribution in [3.05, 3.63) is 59.7 Å². The smallest absolute Gasteiger partial charge is 0.311 e. The van der Waals surface area contributed by atoms with E-state index in [1.807, 2.05) is 48.5 Å². The van der Waals surface area contributed by atoms with E-state index >= 15 is 0 Å². The molecule has 47 heavy (non-hydrogen) atoms. The number of hydrogen-bond acceptors (Lipinski definition) is 4. The number of ether oxygens (including phenoxy) is 2. The van der Waals surface area contributed by atoms with Crippen molar-refractivity contribution < 1.29 is 19.1 Å². The van der Waals surface area contributed by atoms with E-state index in [-0.39, 0.29) is 17.4 Å². The molecular weight excluding hydrogens is 580 g/mol. The van der Waals surface area contributed by atoms with Crippen LogP contribution in [0.5, 0.6) is 11.5 Å². The largest absolute Gasteiger partial charge is 0.427 e. The molecule has 0 aliphatic heterocycles. The molecule has 0 amide bonds. The molecule has 0 radical (unpaired) electrons. The third kappa shape index (κ3) is 18.5. The molecule has 0 unspecified atom stereocenters. The van der Waals surface area contributed by atoms with Crippen LogP contribution in [0.1, 0.15) is 193 Å². The van der Waals surface area contributed by atoms with E-state index in [0.717, 1.165) is 36.8 Å². The average molecular weight is 649 g/mol. The van der Waals surface area contributed by atoms with E-state index < -0.39 is 0 Å². The van der Waals surface area contributed by atoms with Crippen LogP contribution in [-0.4, -0.2) is 11.9 Å². The van der Waals surface area contributed by atoms with Gasteiger partial charge in [0.2, 0.25) is 0 Å². The van der Waals surface area contributed by atoms with Gasteiger partial charge in [-0.15, -0.1) is 0 Å². The molecule has 0 saturated heterocycles. The first kappa shape index (κ1) is 40.6. The van der Waals surface area contributed by atoms with Crippen molar-refractivity contribution in [2.24, 2.45) is 0 Å². The number of rotatable bonds is 28. The van der Waals surface area contributed by atoms with Gasteiger partial charge in [-0.25, -0.2) is 0 Å². The highest BCUT2D eigenvalue weighted by Crippen LogP contribution is 2.33. The van der Waals surface area contributed by atoms with E-state index in [1.165, 1.54) is 116 Å². The Morgan fingerprint density at radius 2 is 0.681 bits per heavy atom. The van der Waals surface area contributed by atoms with Gasteiger partial charge in [-0.1, -0.05) is 180 Å². The number of hydrogen-bond donors (Lipinski definition) is 0. The maximum absolute atomic E-state index is 12.4.